The predicted octanol–water partition coefficient (Wildman–Crippen LogP) is 5.52. The first kappa shape index (κ1) is 14.7. The minimum Gasteiger partial charge on any atom is -0.288 e. The van der Waals surface area contributed by atoms with Gasteiger partial charge in [0, 0.05) is 30.8 Å². The fourth-order valence-corrected chi connectivity index (χ4v) is 3.35. The number of rotatable bonds is 2. The van der Waals surface area contributed by atoms with Gasteiger partial charge in [-0.1, -0.05) is 15.9 Å². The molecule has 1 aromatic heterocycles. The maximum atomic E-state index is 12.7. The monoisotopic (exact) mass is 412 g/mol. The third-order valence-electron chi connectivity index (χ3n) is 2.40. The van der Waals surface area contributed by atoms with Crippen molar-refractivity contribution in [3.63, 3.8) is 0 Å². The normalized spacial score (nSPS) is 11.6. The van der Waals surface area contributed by atoms with Crippen LogP contribution in [0.5, 0.6) is 0 Å². The van der Waals surface area contributed by atoms with Crippen LogP contribution in [0, 0.1) is 0 Å². The van der Waals surface area contributed by atoms with Crippen molar-refractivity contribution in [3.05, 3.63) is 54.6 Å². The minimum atomic E-state index is -4.47. The highest BCUT2D eigenvalue weighted by molar-refractivity contribution is 9.11. The van der Waals surface area contributed by atoms with Gasteiger partial charge >= 0.3 is 6.18 Å². The molecule has 1 heterocycles. The van der Waals surface area contributed by atoms with Gasteiger partial charge in [-0.3, -0.25) is 4.79 Å². The van der Waals surface area contributed by atoms with Crippen LogP contribution < -0.4 is 0 Å². The lowest BCUT2D eigenvalue weighted by Crippen LogP contribution is -2.08. The Morgan fingerprint density at radius 1 is 1.05 bits per heavy atom. The summed E-state index contributed by atoms with van der Waals surface area (Å²) in [6.07, 6.45) is -4.47. The second-order valence-electron chi connectivity index (χ2n) is 3.65. The Bertz CT molecular complexity index is 634. The van der Waals surface area contributed by atoms with E-state index >= 15 is 0 Å². The van der Waals surface area contributed by atoms with Gasteiger partial charge in [0.1, 0.15) is 0 Å². The fourth-order valence-electron chi connectivity index (χ4n) is 1.46. The van der Waals surface area contributed by atoms with Gasteiger partial charge in [-0.05, 0) is 34.1 Å². The van der Waals surface area contributed by atoms with Gasteiger partial charge in [-0.2, -0.15) is 24.5 Å². The zero-order valence-electron chi connectivity index (χ0n) is 9.09. The molecule has 0 N–H and O–H groups in total. The third-order valence-corrected chi connectivity index (χ3v) is 4.79. The molecule has 0 saturated heterocycles. The van der Waals surface area contributed by atoms with Crippen LogP contribution in [0.15, 0.2) is 37.9 Å². The Balaban J connectivity index is 2.51. The van der Waals surface area contributed by atoms with E-state index < -0.39 is 17.5 Å². The van der Waals surface area contributed by atoms with Gasteiger partial charge in [0.15, 0.2) is 5.78 Å². The summed E-state index contributed by atoms with van der Waals surface area (Å²) in [6.45, 7) is 0. The molecule has 2 aromatic rings. The van der Waals surface area contributed by atoms with Crippen molar-refractivity contribution in [2.75, 3.05) is 0 Å². The van der Waals surface area contributed by atoms with E-state index in [2.05, 4.69) is 31.9 Å². The molecule has 100 valence electrons. The molecule has 0 saturated carbocycles. The number of alkyl halides is 3. The highest BCUT2D eigenvalue weighted by Gasteiger charge is 2.31. The van der Waals surface area contributed by atoms with Crippen molar-refractivity contribution in [2.24, 2.45) is 0 Å². The van der Waals surface area contributed by atoms with Crippen LogP contribution in [0.2, 0.25) is 0 Å². The molecule has 0 aliphatic heterocycles. The van der Waals surface area contributed by atoms with E-state index in [0.717, 1.165) is 12.1 Å². The summed E-state index contributed by atoms with van der Waals surface area (Å²) in [5, 5.41) is 3.30. The first-order valence-corrected chi connectivity index (χ1v) is 7.46. The maximum absolute atomic E-state index is 12.7. The maximum Gasteiger partial charge on any atom is 0.416 e. The molecule has 0 atom stereocenters. The summed E-state index contributed by atoms with van der Waals surface area (Å²) in [5.74, 6) is -0.453. The summed E-state index contributed by atoms with van der Waals surface area (Å²) in [5.41, 5.74) is -0.496. The Labute approximate surface area is 127 Å². The van der Waals surface area contributed by atoms with E-state index in [1.807, 2.05) is 0 Å². The van der Waals surface area contributed by atoms with Crippen LogP contribution in [-0.2, 0) is 6.18 Å². The lowest BCUT2D eigenvalue weighted by molar-refractivity contribution is -0.137. The molecular formula is C12H5Br2F3OS. The smallest absolute Gasteiger partial charge is 0.288 e. The largest absolute Gasteiger partial charge is 0.416 e. The summed E-state index contributed by atoms with van der Waals surface area (Å²) in [7, 11) is 0. The molecular weight excluding hydrogens is 409 g/mol. The van der Waals surface area contributed by atoms with Gasteiger partial charge in [0.05, 0.1) is 5.56 Å². The van der Waals surface area contributed by atoms with Crippen LogP contribution in [-0.4, -0.2) is 5.78 Å². The molecule has 0 spiro atoms. The Morgan fingerprint density at radius 3 is 2.26 bits per heavy atom. The summed E-state index contributed by atoms with van der Waals surface area (Å²) < 4.78 is 38.9. The number of halogens is 5. The molecule has 0 radical (unpaired) electrons. The zero-order valence-corrected chi connectivity index (χ0v) is 13.1. The highest BCUT2D eigenvalue weighted by Crippen LogP contribution is 2.33. The molecule has 1 nitrogen and oxygen atoms in total. The highest BCUT2D eigenvalue weighted by atomic mass is 79.9. The lowest BCUT2D eigenvalue weighted by Gasteiger charge is -2.09. The number of hydrogen-bond acceptors (Lipinski definition) is 2. The number of benzene rings is 1. The standard InChI is InChI=1S/C12H5Br2F3OS/c13-9-2-1-6(12(15,16)17)3-7(9)11(18)8-4-19-5-10(8)14/h1-5H. The van der Waals surface area contributed by atoms with Crippen LogP contribution in [0.25, 0.3) is 0 Å². The molecule has 0 aliphatic carbocycles. The van der Waals surface area contributed by atoms with Crippen molar-refractivity contribution in [3.8, 4) is 0 Å². The fraction of sp³-hybridized carbons (Fsp3) is 0.0833. The van der Waals surface area contributed by atoms with Crippen LogP contribution >= 0.6 is 43.2 Å². The predicted molar refractivity (Wildman–Crippen MR) is 74.6 cm³/mol. The number of carbonyl (C=O) groups excluding carboxylic acids is 1. The Hall–Kier alpha value is -0.660. The summed E-state index contributed by atoms with van der Waals surface area (Å²) in [4.78, 5) is 12.2. The number of hydrogen-bond donors (Lipinski definition) is 0. The van der Waals surface area contributed by atoms with E-state index in [4.69, 9.17) is 0 Å². The van der Waals surface area contributed by atoms with E-state index in [-0.39, 0.29) is 5.56 Å². The zero-order chi connectivity index (χ0) is 14.2. The van der Waals surface area contributed by atoms with Gasteiger partial charge in [-0.15, -0.1) is 0 Å². The molecule has 0 bridgehead atoms. The average Bonchev–Trinajstić information content (AvgIpc) is 2.73. The van der Waals surface area contributed by atoms with Crippen molar-refractivity contribution in [1.29, 1.82) is 0 Å². The van der Waals surface area contributed by atoms with Gasteiger partial charge < -0.3 is 0 Å². The van der Waals surface area contributed by atoms with Gasteiger partial charge in [0.25, 0.3) is 0 Å². The van der Waals surface area contributed by atoms with E-state index in [1.54, 1.807) is 10.8 Å². The number of ketones is 1. The molecule has 0 fully saturated rings. The van der Waals surface area contributed by atoms with Gasteiger partial charge in [-0.25, -0.2) is 0 Å². The molecule has 0 aliphatic rings. The first-order valence-electron chi connectivity index (χ1n) is 4.94. The second kappa shape index (κ2) is 5.38. The molecule has 19 heavy (non-hydrogen) atoms. The molecule has 0 amide bonds. The van der Waals surface area contributed by atoms with Crippen molar-refractivity contribution in [1.82, 2.24) is 0 Å². The van der Waals surface area contributed by atoms with Crippen molar-refractivity contribution < 1.29 is 18.0 Å². The van der Waals surface area contributed by atoms with E-state index in [1.165, 1.54) is 17.4 Å². The van der Waals surface area contributed by atoms with Crippen molar-refractivity contribution >= 4 is 49.0 Å². The van der Waals surface area contributed by atoms with Crippen molar-refractivity contribution in [2.45, 2.75) is 6.18 Å². The number of carbonyl (C=O) groups is 1. The van der Waals surface area contributed by atoms with Gasteiger partial charge in [0.2, 0.25) is 0 Å². The molecule has 7 heteroatoms. The summed E-state index contributed by atoms with van der Waals surface area (Å²) >= 11 is 7.61. The lowest BCUT2D eigenvalue weighted by atomic mass is 10.0. The summed E-state index contributed by atoms with van der Waals surface area (Å²) in [6, 6.07) is 3.02. The first-order chi connectivity index (χ1) is 8.80. The second-order valence-corrected chi connectivity index (χ2v) is 6.11. The van der Waals surface area contributed by atoms with Crippen LogP contribution in [0.4, 0.5) is 13.2 Å². The topological polar surface area (TPSA) is 17.1 Å². The van der Waals surface area contributed by atoms with Crippen LogP contribution in [0.1, 0.15) is 21.5 Å². The average molecular weight is 414 g/mol. The minimum absolute atomic E-state index is 0.00562. The third kappa shape index (κ3) is 3.09. The SMILES string of the molecule is O=C(c1cscc1Br)c1cc(C(F)(F)F)ccc1Br. The molecule has 0 unspecified atom stereocenters. The molecule has 1 aromatic carbocycles. The quantitative estimate of drug-likeness (QED) is 0.592. The number of thiophene rings is 1. The Morgan fingerprint density at radius 2 is 1.74 bits per heavy atom. The Kier molecular flexibility index (Phi) is 4.17. The molecule has 2 rings (SSSR count). The van der Waals surface area contributed by atoms with E-state index in [9.17, 15) is 18.0 Å². The van der Waals surface area contributed by atoms with Crippen LogP contribution in [0.3, 0.4) is 0 Å². The van der Waals surface area contributed by atoms with E-state index in [0.29, 0.717) is 14.5 Å².